The average molecular weight is 194 g/mol. The van der Waals surface area contributed by atoms with Gasteiger partial charge in [-0.2, -0.15) is 0 Å². The summed E-state index contributed by atoms with van der Waals surface area (Å²) in [6, 6.07) is 5.34. The molecule has 0 bridgehead atoms. The van der Waals surface area contributed by atoms with E-state index in [1.807, 2.05) is 6.92 Å². The summed E-state index contributed by atoms with van der Waals surface area (Å²) in [5.41, 5.74) is 1.63. The van der Waals surface area contributed by atoms with Crippen LogP contribution < -0.4 is 4.74 Å². The molecule has 0 atom stereocenters. The van der Waals surface area contributed by atoms with Crippen molar-refractivity contribution in [3.05, 3.63) is 29.3 Å². The van der Waals surface area contributed by atoms with E-state index in [1.165, 1.54) is 0 Å². The molecule has 0 amide bonds. The van der Waals surface area contributed by atoms with Crippen molar-refractivity contribution < 1.29 is 14.3 Å². The Kier molecular flexibility index (Phi) is 4.13. The molecule has 3 heteroatoms. The van der Waals surface area contributed by atoms with Crippen molar-refractivity contribution in [2.75, 3.05) is 20.3 Å². The first kappa shape index (κ1) is 10.7. The lowest BCUT2D eigenvalue weighted by Gasteiger charge is -2.08. The highest BCUT2D eigenvalue weighted by molar-refractivity contribution is 5.75. The summed E-state index contributed by atoms with van der Waals surface area (Å²) in [5.74, 6) is 0.799. The van der Waals surface area contributed by atoms with Crippen LogP contribution in [0.5, 0.6) is 5.75 Å². The van der Waals surface area contributed by atoms with E-state index in [-0.39, 0.29) is 0 Å². The van der Waals surface area contributed by atoms with Gasteiger partial charge >= 0.3 is 0 Å². The molecule has 1 rings (SSSR count). The highest BCUT2D eigenvalue weighted by atomic mass is 16.5. The summed E-state index contributed by atoms with van der Waals surface area (Å²) in [6.45, 7) is 3.00. The Morgan fingerprint density at radius 2 is 2.14 bits per heavy atom. The summed E-state index contributed by atoms with van der Waals surface area (Å²) in [4.78, 5) is 10.5. The van der Waals surface area contributed by atoms with E-state index in [0.717, 1.165) is 17.6 Å². The van der Waals surface area contributed by atoms with Crippen LogP contribution in [0.2, 0.25) is 0 Å². The smallest absolute Gasteiger partial charge is 0.150 e. The Balaban J connectivity index is 2.64. The molecule has 0 N–H and O–H groups in total. The van der Waals surface area contributed by atoms with Gasteiger partial charge in [0.05, 0.1) is 6.61 Å². The lowest BCUT2D eigenvalue weighted by Crippen LogP contribution is -2.05. The average Bonchev–Trinajstić information content (AvgIpc) is 2.20. The Hall–Kier alpha value is -1.35. The third-order valence-electron chi connectivity index (χ3n) is 1.88. The maximum absolute atomic E-state index is 10.5. The first-order valence-electron chi connectivity index (χ1n) is 4.45. The number of hydrogen-bond donors (Lipinski definition) is 0. The van der Waals surface area contributed by atoms with Crippen LogP contribution in [0, 0.1) is 6.92 Å². The fraction of sp³-hybridized carbons (Fsp3) is 0.364. The predicted octanol–water partition coefficient (Wildman–Crippen LogP) is 1.83. The number of hydrogen-bond acceptors (Lipinski definition) is 3. The molecule has 0 unspecified atom stereocenters. The van der Waals surface area contributed by atoms with Crippen molar-refractivity contribution in [1.82, 2.24) is 0 Å². The SMILES string of the molecule is COCCOc1ccc(C=O)cc1C. The third kappa shape index (κ3) is 2.85. The fourth-order valence-corrected chi connectivity index (χ4v) is 1.14. The van der Waals surface area contributed by atoms with E-state index in [0.29, 0.717) is 18.8 Å². The molecule has 0 radical (unpaired) electrons. The molecule has 0 saturated heterocycles. The van der Waals surface area contributed by atoms with Crippen LogP contribution in [0.15, 0.2) is 18.2 Å². The number of rotatable bonds is 5. The van der Waals surface area contributed by atoms with Gasteiger partial charge in [0.1, 0.15) is 18.6 Å². The molecule has 0 heterocycles. The van der Waals surface area contributed by atoms with Gasteiger partial charge in [-0.1, -0.05) is 0 Å². The van der Waals surface area contributed by atoms with Crippen LogP contribution in [0.1, 0.15) is 15.9 Å². The maximum atomic E-state index is 10.5. The minimum Gasteiger partial charge on any atom is -0.491 e. The molecule has 1 aromatic carbocycles. The Labute approximate surface area is 83.6 Å². The number of aryl methyl sites for hydroxylation is 1. The minimum absolute atomic E-state index is 0.526. The van der Waals surface area contributed by atoms with Gasteiger partial charge in [-0.3, -0.25) is 4.79 Å². The van der Waals surface area contributed by atoms with E-state index < -0.39 is 0 Å². The zero-order chi connectivity index (χ0) is 10.4. The Bertz CT molecular complexity index is 307. The molecule has 0 aliphatic carbocycles. The van der Waals surface area contributed by atoms with E-state index in [1.54, 1.807) is 25.3 Å². The van der Waals surface area contributed by atoms with Crippen LogP contribution in [-0.2, 0) is 4.74 Å². The second-order valence-corrected chi connectivity index (χ2v) is 2.98. The van der Waals surface area contributed by atoms with Gasteiger partial charge in [-0.05, 0) is 30.7 Å². The molecule has 0 fully saturated rings. The number of aldehydes is 1. The van der Waals surface area contributed by atoms with Crippen LogP contribution in [-0.4, -0.2) is 26.6 Å². The van der Waals surface area contributed by atoms with Gasteiger partial charge in [-0.15, -0.1) is 0 Å². The summed E-state index contributed by atoms with van der Waals surface area (Å²) in [5, 5.41) is 0. The molecular weight excluding hydrogens is 180 g/mol. The number of carbonyl (C=O) groups is 1. The van der Waals surface area contributed by atoms with Gasteiger partial charge in [0, 0.05) is 12.7 Å². The van der Waals surface area contributed by atoms with E-state index >= 15 is 0 Å². The number of carbonyl (C=O) groups excluding carboxylic acids is 1. The van der Waals surface area contributed by atoms with Crippen molar-refractivity contribution in [2.24, 2.45) is 0 Å². The summed E-state index contributed by atoms with van der Waals surface area (Å²) in [7, 11) is 1.63. The lowest BCUT2D eigenvalue weighted by molar-refractivity contribution is 0.112. The molecule has 76 valence electrons. The van der Waals surface area contributed by atoms with E-state index in [2.05, 4.69) is 0 Å². The quantitative estimate of drug-likeness (QED) is 0.530. The topological polar surface area (TPSA) is 35.5 Å². The minimum atomic E-state index is 0.526. The van der Waals surface area contributed by atoms with Crippen molar-refractivity contribution in [3.8, 4) is 5.75 Å². The van der Waals surface area contributed by atoms with Crippen LogP contribution >= 0.6 is 0 Å². The highest BCUT2D eigenvalue weighted by Crippen LogP contribution is 2.18. The van der Waals surface area contributed by atoms with Crippen molar-refractivity contribution in [3.63, 3.8) is 0 Å². The lowest BCUT2D eigenvalue weighted by atomic mass is 10.1. The molecule has 0 aliphatic rings. The van der Waals surface area contributed by atoms with Gasteiger partial charge in [-0.25, -0.2) is 0 Å². The van der Waals surface area contributed by atoms with Crippen LogP contribution in [0.25, 0.3) is 0 Å². The fourth-order valence-electron chi connectivity index (χ4n) is 1.14. The maximum Gasteiger partial charge on any atom is 0.150 e. The van der Waals surface area contributed by atoms with E-state index in [4.69, 9.17) is 9.47 Å². The largest absolute Gasteiger partial charge is 0.491 e. The monoisotopic (exact) mass is 194 g/mol. The number of methoxy groups -OCH3 is 1. The molecule has 0 saturated carbocycles. The van der Waals surface area contributed by atoms with Gasteiger partial charge in [0.2, 0.25) is 0 Å². The third-order valence-corrected chi connectivity index (χ3v) is 1.88. The Morgan fingerprint density at radius 3 is 2.71 bits per heavy atom. The first-order valence-corrected chi connectivity index (χ1v) is 4.45. The Morgan fingerprint density at radius 1 is 1.36 bits per heavy atom. The zero-order valence-corrected chi connectivity index (χ0v) is 8.45. The summed E-state index contributed by atoms with van der Waals surface area (Å²) in [6.07, 6.45) is 0.825. The van der Waals surface area contributed by atoms with Crippen molar-refractivity contribution in [2.45, 2.75) is 6.92 Å². The summed E-state index contributed by atoms with van der Waals surface area (Å²) >= 11 is 0. The normalized spacial score (nSPS) is 9.86. The molecular formula is C11H14O3. The van der Waals surface area contributed by atoms with Crippen molar-refractivity contribution in [1.29, 1.82) is 0 Å². The van der Waals surface area contributed by atoms with Crippen molar-refractivity contribution >= 4 is 6.29 Å². The van der Waals surface area contributed by atoms with Crippen LogP contribution in [0.4, 0.5) is 0 Å². The van der Waals surface area contributed by atoms with E-state index in [9.17, 15) is 4.79 Å². The highest BCUT2D eigenvalue weighted by Gasteiger charge is 2.00. The first-order chi connectivity index (χ1) is 6.77. The van der Waals surface area contributed by atoms with Gasteiger partial charge in [0.15, 0.2) is 0 Å². The number of benzene rings is 1. The summed E-state index contributed by atoms with van der Waals surface area (Å²) < 4.78 is 10.3. The molecule has 0 aliphatic heterocycles. The van der Waals surface area contributed by atoms with Gasteiger partial charge < -0.3 is 9.47 Å². The molecule has 0 spiro atoms. The second kappa shape index (κ2) is 5.40. The zero-order valence-electron chi connectivity index (χ0n) is 8.45. The molecule has 3 nitrogen and oxygen atoms in total. The predicted molar refractivity (Wildman–Crippen MR) is 53.9 cm³/mol. The molecule has 1 aromatic rings. The molecule has 0 aromatic heterocycles. The van der Waals surface area contributed by atoms with Gasteiger partial charge in [0.25, 0.3) is 0 Å². The number of ether oxygens (including phenoxy) is 2. The second-order valence-electron chi connectivity index (χ2n) is 2.98. The van der Waals surface area contributed by atoms with Crippen LogP contribution in [0.3, 0.4) is 0 Å². The molecule has 14 heavy (non-hydrogen) atoms. The standard InChI is InChI=1S/C11H14O3/c1-9-7-10(8-12)3-4-11(9)14-6-5-13-2/h3-4,7-8H,5-6H2,1-2H3.